The van der Waals surface area contributed by atoms with E-state index in [2.05, 4.69) is 4.52 Å². The largest absolute Gasteiger partial charge is 0.469 e. The number of hydrogen-bond donors (Lipinski definition) is 4. The number of phosphoric ester groups is 1. The van der Waals surface area contributed by atoms with Gasteiger partial charge in [0, 0.05) is 18.8 Å². The van der Waals surface area contributed by atoms with Crippen molar-refractivity contribution in [3.63, 3.8) is 0 Å². The number of aliphatic hydroxyl groups excluding tert-OH is 2. The summed E-state index contributed by atoms with van der Waals surface area (Å²) in [6.07, 6.45) is -4.19. The molecule has 30 heavy (non-hydrogen) atoms. The Hall–Kier alpha value is -2.11. The summed E-state index contributed by atoms with van der Waals surface area (Å²) in [5, 5.41) is 20.4. The molecular weight excluding hydrogens is 419 g/mol. The summed E-state index contributed by atoms with van der Waals surface area (Å²) in [5.74, 6) is 0. The second kappa shape index (κ2) is 8.94. The van der Waals surface area contributed by atoms with Crippen molar-refractivity contribution in [3.8, 4) is 0 Å². The molecular formula is C18H23N2O9P. The summed E-state index contributed by atoms with van der Waals surface area (Å²) in [5.41, 5.74) is 0.719. The maximum atomic E-state index is 12.9. The molecule has 0 saturated carbocycles. The summed E-state index contributed by atoms with van der Waals surface area (Å²) >= 11 is 0. The van der Waals surface area contributed by atoms with Gasteiger partial charge in [-0.15, -0.1) is 0 Å². The van der Waals surface area contributed by atoms with E-state index >= 15 is 0 Å². The molecule has 12 heteroatoms. The minimum Gasteiger partial charge on any atom is -0.387 e. The first-order valence-electron chi connectivity index (χ1n) is 9.16. The van der Waals surface area contributed by atoms with E-state index in [0.29, 0.717) is 6.42 Å². The van der Waals surface area contributed by atoms with E-state index in [-0.39, 0.29) is 6.54 Å². The standard InChI is InChI=1S/C18H23N2O9P/c1-11-4-2-3-5-12(11)6-8-19-14(21)7-9-20(18(19)24)17-16(23)15(22)13(29-17)10-28-30(25,26)27/h2-5,7,9,13,15-17,22-23H,6,8,10H2,1H3,(H2,25,26,27)/t13-,15+,16?,17-/m1/s1. The van der Waals surface area contributed by atoms with Crippen molar-refractivity contribution >= 4 is 7.82 Å². The van der Waals surface area contributed by atoms with Crippen molar-refractivity contribution in [2.24, 2.45) is 0 Å². The molecule has 1 unspecified atom stereocenters. The summed E-state index contributed by atoms with van der Waals surface area (Å²) in [4.78, 5) is 42.7. The molecule has 2 aromatic rings. The highest BCUT2D eigenvalue weighted by Crippen LogP contribution is 2.38. The Morgan fingerprint density at radius 1 is 1.13 bits per heavy atom. The lowest BCUT2D eigenvalue weighted by molar-refractivity contribution is -0.0548. The number of aromatic nitrogens is 2. The Labute approximate surface area is 171 Å². The lowest BCUT2D eigenvalue weighted by Crippen LogP contribution is -2.43. The Bertz CT molecular complexity index is 1060. The van der Waals surface area contributed by atoms with Crippen LogP contribution in [0.5, 0.6) is 0 Å². The van der Waals surface area contributed by atoms with Crippen LogP contribution in [-0.4, -0.2) is 54.1 Å². The van der Waals surface area contributed by atoms with E-state index in [1.165, 1.54) is 0 Å². The fourth-order valence-electron chi connectivity index (χ4n) is 3.32. The predicted octanol–water partition coefficient (Wildman–Crippen LogP) is -0.710. The third-order valence-corrected chi connectivity index (χ3v) is 5.47. The summed E-state index contributed by atoms with van der Waals surface area (Å²) in [6, 6.07) is 8.70. The van der Waals surface area contributed by atoms with Crippen LogP contribution in [-0.2, 0) is 26.8 Å². The molecule has 2 heterocycles. The van der Waals surface area contributed by atoms with E-state index < -0.39 is 50.2 Å². The van der Waals surface area contributed by atoms with Gasteiger partial charge in [0.05, 0.1) is 6.61 Å². The van der Waals surface area contributed by atoms with Crippen LogP contribution in [0.2, 0.25) is 0 Å². The topological polar surface area (TPSA) is 160 Å². The van der Waals surface area contributed by atoms with Crippen LogP contribution in [0, 0.1) is 6.92 Å². The number of hydrogen-bond acceptors (Lipinski definition) is 7. The Morgan fingerprint density at radius 2 is 1.83 bits per heavy atom. The zero-order valence-corrected chi connectivity index (χ0v) is 17.0. The van der Waals surface area contributed by atoms with Crippen LogP contribution >= 0.6 is 7.82 Å². The third kappa shape index (κ3) is 4.96. The summed E-state index contributed by atoms with van der Waals surface area (Å²) < 4.78 is 22.5. The highest BCUT2D eigenvalue weighted by molar-refractivity contribution is 7.46. The maximum Gasteiger partial charge on any atom is 0.469 e. The highest BCUT2D eigenvalue weighted by Gasteiger charge is 2.45. The van der Waals surface area contributed by atoms with Gasteiger partial charge in [0.15, 0.2) is 6.23 Å². The van der Waals surface area contributed by atoms with Gasteiger partial charge in [-0.3, -0.25) is 18.5 Å². The summed E-state index contributed by atoms with van der Waals surface area (Å²) in [6.45, 7) is 1.32. The molecule has 164 valence electrons. The van der Waals surface area contributed by atoms with Crippen molar-refractivity contribution in [1.82, 2.24) is 9.13 Å². The van der Waals surface area contributed by atoms with Gasteiger partial charge in [0.25, 0.3) is 5.56 Å². The molecule has 1 aromatic heterocycles. The van der Waals surface area contributed by atoms with E-state index in [1.54, 1.807) is 0 Å². The maximum absolute atomic E-state index is 12.9. The molecule has 4 atom stereocenters. The Balaban J connectivity index is 1.82. The SMILES string of the molecule is Cc1ccccc1CCn1c(=O)ccn([C@@H]2O[C@H](COP(=O)(O)O)[C@H](O)C2O)c1=O. The van der Waals surface area contributed by atoms with Gasteiger partial charge in [-0.1, -0.05) is 24.3 Å². The number of rotatable bonds is 7. The van der Waals surface area contributed by atoms with Gasteiger partial charge in [0.2, 0.25) is 0 Å². The number of benzene rings is 1. The molecule has 1 saturated heterocycles. The second-order valence-corrected chi connectivity index (χ2v) is 8.24. The van der Waals surface area contributed by atoms with Gasteiger partial charge < -0.3 is 24.7 Å². The zero-order valence-electron chi connectivity index (χ0n) is 16.1. The highest BCUT2D eigenvalue weighted by atomic mass is 31.2. The Kier molecular flexibility index (Phi) is 6.73. The van der Waals surface area contributed by atoms with Crippen molar-refractivity contribution in [2.45, 2.75) is 44.4 Å². The molecule has 0 bridgehead atoms. The normalized spacial score (nSPS) is 24.3. The molecule has 1 aliphatic rings. The van der Waals surface area contributed by atoms with Gasteiger partial charge in [0.1, 0.15) is 18.3 Å². The molecule has 11 nitrogen and oxygen atoms in total. The van der Waals surface area contributed by atoms with Gasteiger partial charge >= 0.3 is 13.5 Å². The minimum absolute atomic E-state index is 0.0967. The molecule has 3 rings (SSSR count). The van der Waals surface area contributed by atoms with Crippen LogP contribution in [0.25, 0.3) is 0 Å². The van der Waals surface area contributed by atoms with Gasteiger partial charge in [-0.05, 0) is 24.5 Å². The smallest absolute Gasteiger partial charge is 0.387 e. The number of nitrogens with zero attached hydrogens (tertiary/aromatic N) is 2. The average Bonchev–Trinajstić information content (AvgIpc) is 2.95. The van der Waals surface area contributed by atoms with Crippen LogP contribution in [0.1, 0.15) is 17.4 Å². The zero-order chi connectivity index (χ0) is 22.1. The van der Waals surface area contributed by atoms with E-state index in [0.717, 1.165) is 32.5 Å². The number of aryl methyl sites for hydroxylation is 2. The van der Waals surface area contributed by atoms with Crippen molar-refractivity contribution < 1.29 is 33.8 Å². The fraction of sp³-hybridized carbons (Fsp3) is 0.444. The van der Waals surface area contributed by atoms with Crippen LogP contribution in [0.4, 0.5) is 0 Å². The van der Waals surface area contributed by atoms with E-state index in [9.17, 15) is 24.4 Å². The minimum atomic E-state index is -4.81. The molecule has 0 aliphatic carbocycles. The number of ether oxygens (including phenoxy) is 1. The van der Waals surface area contributed by atoms with Crippen LogP contribution in [0.15, 0.2) is 46.1 Å². The predicted molar refractivity (Wildman–Crippen MR) is 104 cm³/mol. The number of phosphoric acid groups is 1. The van der Waals surface area contributed by atoms with Gasteiger partial charge in [-0.25, -0.2) is 9.36 Å². The first-order chi connectivity index (χ1) is 14.1. The molecule has 1 fully saturated rings. The second-order valence-electron chi connectivity index (χ2n) is 7.00. The Morgan fingerprint density at radius 3 is 2.50 bits per heavy atom. The lowest BCUT2D eigenvalue weighted by Gasteiger charge is -2.19. The molecule has 0 radical (unpaired) electrons. The van der Waals surface area contributed by atoms with Gasteiger partial charge in [-0.2, -0.15) is 0 Å². The third-order valence-electron chi connectivity index (χ3n) is 4.98. The molecule has 4 N–H and O–H groups in total. The average molecular weight is 442 g/mol. The van der Waals surface area contributed by atoms with Crippen molar-refractivity contribution in [2.75, 3.05) is 6.61 Å². The quantitative estimate of drug-likeness (QED) is 0.406. The van der Waals surface area contributed by atoms with Crippen molar-refractivity contribution in [3.05, 3.63) is 68.5 Å². The lowest BCUT2D eigenvalue weighted by atomic mass is 10.1. The monoisotopic (exact) mass is 442 g/mol. The molecule has 0 amide bonds. The first-order valence-corrected chi connectivity index (χ1v) is 10.7. The van der Waals surface area contributed by atoms with Crippen molar-refractivity contribution in [1.29, 1.82) is 0 Å². The molecule has 1 aliphatic heterocycles. The van der Waals surface area contributed by atoms with E-state index in [4.69, 9.17) is 14.5 Å². The fourth-order valence-corrected chi connectivity index (χ4v) is 3.66. The van der Waals surface area contributed by atoms with Crippen LogP contribution < -0.4 is 11.2 Å². The summed E-state index contributed by atoms with van der Waals surface area (Å²) in [7, 11) is -4.81. The molecule has 0 spiro atoms. The number of aliphatic hydroxyl groups is 2. The first kappa shape index (κ1) is 22.6. The van der Waals surface area contributed by atoms with E-state index in [1.807, 2.05) is 31.2 Å². The molecule has 1 aromatic carbocycles. The van der Waals surface area contributed by atoms with Crippen LogP contribution in [0.3, 0.4) is 0 Å².